The van der Waals surface area contributed by atoms with Gasteiger partial charge in [0.05, 0.1) is 0 Å². The summed E-state index contributed by atoms with van der Waals surface area (Å²) in [6.07, 6.45) is 12.6. The lowest BCUT2D eigenvalue weighted by Gasteiger charge is -2.37. The summed E-state index contributed by atoms with van der Waals surface area (Å²) in [5, 5.41) is 0. The monoisotopic (exact) mass is 330 g/mol. The van der Waals surface area contributed by atoms with Crippen LogP contribution in [0.5, 0.6) is 0 Å². The predicted octanol–water partition coefficient (Wildman–Crippen LogP) is 7.30. The number of allylic oxidation sites excluding steroid dienone is 2. The highest BCUT2D eigenvalue weighted by Crippen LogP contribution is 2.42. The van der Waals surface area contributed by atoms with Crippen molar-refractivity contribution in [2.75, 3.05) is 0 Å². The zero-order chi connectivity index (χ0) is 16.7. The zero-order valence-corrected chi connectivity index (χ0v) is 14.6. The van der Waals surface area contributed by atoms with Gasteiger partial charge >= 0.3 is 6.18 Å². The van der Waals surface area contributed by atoms with Crippen LogP contribution >= 0.6 is 0 Å². The number of rotatable bonds is 6. The van der Waals surface area contributed by atoms with Crippen LogP contribution in [0.1, 0.15) is 84.0 Å². The first kappa shape index (κ1) is 18.9. The van der Waals surface area contributed by atoms with Gasteiger partial charge in [-0.15, -0.1) is 0 Å². The molecule has 0 nitrogen and oxygen atoms in total. The Kier molecular flexibility index (Phi) is 7.49. The molecule has 2 aliphatic carbocycles. The van der Waals surface area contributed by atoms with Gasteiger partial charge in [-0.1, -0.05) is 44.8 Å². The molecule has 2 fully saturated rings. The molecule has 3 heteroatoms. The van der Waals surface area contributed by atoms with E-state index in [9.17, 15) is 13.2 Å². The average molecular weight is 330 g/mol. The Hall–Kier alpha value is -0.470. The van der Waals surface area contributed by atoms with Gasteiger partial charge in [0.25, 0.3) is 0 Å². The second-order valence-electron chi connectivity index (χ2n) is 7.83. The Bertz CT molecular complexity index is 342. The van der Waals surface area contributed by atoms with Crippen LogP contribution in [-0.2, 0) is 0 Å². The first-order valence-electron chi connectivity index (χ1n) is 9.71. The molecule has 2 saturated carbocycles. The first-order chi connectivity index (χ1) is 11.0. The Balaban J connectivity index is 1.63. The van der Waals surface area contributed by atoms with E-state index < -0.39 is 12.6 Å². The highest BCUT2D eigenvalue weighted by Gasteiger charge is 2.30. The van der Waals surface area contributed by atoms with Crippen molar-refractivity contribution in [1.82, 2.24) is 0 Å². The minimum Gasteiger partial charge on any atom is -0.171 e. The standard InChI is InChI=1S/C20H33F3/c1-2-5-16-7-11-18(12-8-16)19-13-9-17(10-14-19)6-3-4-15-20(21,22)23/h3,6,16-19H,2,4-5,7-15H2,1H3. The molecule has 134 valence electrons. The number of alkyl halides is 3. The fourth-order valence-corrected chi connectivity index (χ4v) is 4.70. The van der Waals surface area contributed by atoms with Gasteiger partial charge < -0.3 is 0 Å². The maximum atomic E-state index is 12.1. The van der Waals surface area contributed by atoms with Crippen molar-refractivity contribution in [3.63, 3.8) is 0 Å². The fourth-order valence-electron chi connectivity index (χ4n) is 4.70. The van der Waals surface area contributed by atoms with Gasteiger partial charge in [-0.25, -0.2) is 0 Å². The van der Waals surface area contributed by atoms with Crippen molar-refractivity contribution in [3.05, 3.63) is 12.2 Å². The van der Waals surface area contributed by atoms with E-state index in [1.54, 1.807) is 6.08 Å². The highest BCUT2D eigenvalue weighted by atomic mass is 19.4. The largest absolute Gasteiger partial charge is 0.389 e. The molecule has 0 radical (unpaired) electrons. The summed E-state index contributed by atoms with van der Waals surface area (Å²) in [6, 6.07) is 0. The van der Waals surface area contributed by atoms with Gasteiger partial charge in [0.1, 0.15) is 0 Å². The average Bonchev–Trinajstić information content (AvgIpc) is 2.52. The molecule has 0 aromatic carbocycles. The maximum absolute atomic E-state index is 12.1. The molecule has 0 aromatic rings. The van der Waals surface area contributed by atoms with E-state index in [2.05, 4.69) is 13.0 Å². The first-order valence-corrected chi connectivity index (χ1v) is 9.71. The van der Waals surface area contributed by atoms with Crippen LogP contribution < -0.4 is 0 Å². The SMILES string of the molecule is CCCC1CCC(C2CCC(C=CCCC(F)(F)F)CC2)CC1. The highest BCUT2D eigenvalue weighted by molar-refractivity contribution is 4.92. The number of hydrogen-bond donors (Lipinski definition) is 0. The van der Waals surface area contributed by atoms with Crippen LogP contribution in [0.2, 0.25) is 0 Å². The quantitative estimate of drug-likeness (QED) is 0.448. The summed E-state index contributed by atoms with van der Waals surface area (Å²) in [4.78, 5) is 0. The van der Waals surface area contributed by atoms with Crippen molar-refractivity contribution < 1.29 is 13.2 Å². The molecule has 0 aromatic heterocycles. The lowest BCUT2D eigenvalue weighted by Crippen LogP contribution is -2.25. The Morgan fingerprint density at radius 3 is 1.96 bits per heavy atom. The normalized spacial score (nSPS) is 33.2. The molecule has 0 heterocycles. The van der Waals surface area contributed by atoms with Crippen LogP contribution in [0.4, 0.5) is 13.2 Å². The van der Waals surface area contributed by atoms with Crippen molar-refractivity contribution in [2.24, 2.45) is 23.7 Å². The van der Waals surface area contributed by atoms with Gasteiger partial charge in [0, 0.05) is 6.42 Å². The number of hydrogen-bond acceptors (Lipinski definition) is 0. The molecule has 0 N–H and O–H groups in total. The van der Waals surface area contributed by atoms with E-state index in [0.717, 1.165) is 17.8 Å². The molecule has 0 unspecified atom stereocenters. The Morgan fingerprint density at radius 2 is 1.43 bits per heavy atom. The van der Waals surface area contributed by atoms with E-state index in [1.165, 1.54) is 64.2 Å². The third kappa shape index (κ3) is 6.89. The molecule has 0 amide bonds. The predicted molar refractivity (Wildman–Crippen MR) is 90.2 cm³/mol. The Morgan fingerprint density at radius 1 is 0.870 bits per heavy atom. The summed E-state index contributed by atoms with van der Waals surface area (Å²) in [6.45, 7) is 2.29. The van der Waals surface area contributed by atoms with Crippen LogP contribution in [-0.4, -0.2) is 6.18 Å². The van der Waals surface area contributed by atoms with Crippen LogP contribution in [0.25, 0.3) is 0 Å². The summed E-state index contributed by atoms with van der Waals surface area (Å²) in [5.74, 6) is 3.32. The lowest BCUT2D eigenvalue weighted by atomic mass is 9.68. The molecule has 0 aliphatic heterocycles. The molecular formula is C20H33F3. The molecule has 0 bridgehead atoms. The smallest absolute Gasteiger partial charge is 0.171 e. The second-order valence-corrected chi connectivity index (χ2v) is 7.83. The Labute approximate surface area is 139 Å². The van der Waals surface area contributed by atoms with E-state index >= 15 is 0 Å². The third-order valence-electron chi connectivity index (χ3n) is 6.07. The van der Waals surface area contributed by atoms with Crippen molar-refractivity contribution >= 4 is 0 Å². The van der Waals surface area contributed by atoms with Crippen molar-refractivity contribution in [1.29, 1.82) is 0 Å². The fraction of sp³-hybridized carbons (Fsp3) is 0.900. The zero-order valence-electron chi connectivity index (χ0n) is 14.6. The van der Waals surface area contributed by atoms with E-state index in [-0.39, 0.29) is 6.42 Å². The van der Waals surface area contributed by atoms with Gasteiger partial charge in [-0.2, -0.15) is 13.2 Å². The molecule has 0 saturated heterocycles. The maximum Gasteiger partial charge on any atom is 0.389 e. The van der Waals surface area contributed by atoms with Gasteiger partial charge in [-0.05, 0) is 68.6 Å². The summed E-state index contributed by atoms with van der Waals surface area (Å²) < 4.78 is 36.4. The number of halogens is 3. The molecular weight excluding hydrogens is 297 g/mol. The molecule has 23 heavy (non-hydrogen) atoms. The molecule has 0 atom stereocenters. The van der Waals surface area contributed by atoms with Crippen LogP contribution in [0, 0.1) is 23.7 Å². The van der Waals surface area contributed by atoms with E-state index in [4.69, 9.17) is 0 Å². The summed E-state index contributed by atoms with van der Waals surface area (Å²) in [7, 11) is 0. The van der Waals surface area contributed by atoms with Crippen LogP contribution in [0.15, 0.2) is 12.2 Å². The van der Waals surface area contributed by atoms with E-state index in [0.29, 0.717) is 5.92 Å². The van der Waals surface area contributed by atoms with Crippen molar-refractivity contribution in [3.8, 4) is 0 Å². The minimum absolute atomic E-state index is 0.144. The van der Waals surface area contributed by atoms with Gasteiger partial charge in [0.15, 0.2) is 0 Å². The van der Waals surface area contributed by atoms with Crippen LogP contribution in [0.3, 0.4) is 0 Å². The van der Waals surface area contributed by atoms with Crippen molar-refractivity contribution in [2.45, 2.75) is 90.1 Å². The summed E-state index contributed by atoms with van der Waals surface area (Å²) >= 11 is 0. The van der Waals surface area contributed by atoms with Gasteiger partial charge in [0.2, 0.25) is 0 Å². The second kappa shape index (κ2) is 9.13. The molecule has 2 aliphatic rings. The minimum atomic E-state index is -4.02. The summed E-state index contributed by atoms with van der Waals surface area (Å²) in [5.41, 5.74) is 0. The third-order valence-corrected chi connectivity index (χ3v) is 6.07. The molecule has 2 rings (SSSR count). The topological polar surface area (TPSA) is 0 Å². The lowest BCUT2D eigenvalue weighted by molar-refractivity contribution is -0.133. The van der Waals surface area contributed by atoms with Gasteiger partial charge in [-0.3, -0.25) is 0 Å². The molecule has 0 spiro atoms. The van der Waals surface area contributed by atoms with E-state index in [1.807, 2.05) is 0 Å².